The van der Waals surface area contributed by atoms with Crippen LogP contribution in [0, 0.1) is 0 Å². The minimum Gasteiger partial charge on any atom is -0.367 e. The van der Waals surface area contributed by atoms with Crippen molar-refractivity contribution in [3.8, 4) is 0 Å². The van der Waals surface area contributed by atoms with Crippen LogP contribution < -0.4 is 16.8 Å². The zero-order valence-corrected chi connectivity index (χ0v) is 12.5. The molecular weight excluding hydrogens is 290 g/mol. The zero-order chi connectivity index (χ0) is 15.4. The number of nitrogens with one attached hydrogen (secondary N) is 1. The highest BCUT2D eigenvalue weighted by Gasteiger charge is 2.25. The van der Waals surface area contributed by atoms with Gasteiger partial charge in [-0.25, -0.2) is 0 Å². The van der Waals surface area contributed by atoms with Gasteiger partial charge in [-0.1, -0.05) is 12.8 Å². The summed E-state index contributed by atoms with van der Waals surface area (Å²) in [5.74, 6) is -2.38. The van der Waals surface area contributed by atoms with E-state index in [1.165, 1.54) is 34.6 Å². The molecule has 1 aromatic heterocycles. The van der Waals surface area contributed by atoms with Gasteiger partial charge >= 0.3 is 0 Å². The van der Waals surface area contributed by atoms with Gasteiger partial charge in [0.25, 0.3) is 5.91 Å². The fourth-order valence-corrected chi connectivity index (χ4v) is 3.60. The third-order valence-corrected chi connectivity index (χ3v) is 4.80. The van der Waals surface area contributed by atoms with E-state index in [4.69, 9.17) is 11.5 Å². The van der Waals surface area contributed by atoms with Crippen molar-refractivity contribution in [1.29, 1.82) is 0 Å². The van der Waals surface area contributed by atoms with Gasteiger partial charge < -0.3 is 16.8 Å². The van der Waals surface area contributed by atoms with Crippen molar-refractivity contribution >= 4 is 29.1 Å². The van der Waals surface area contributed by atoms with Crippen molar-refractivity contribution < 1.29 is 14.4 Å². The average Bonchev–Trinajstić information content (AvgIpc) is 2.77. The molecule has 0 saturated heterocycles. The van der Waals surface area contributed by atoms with Crippen molar-refractivity contribution in [1.82, 2.24) is 5.32 Å². The monoisotopic (exact) mass is 309 g/mol. The Morgan fingerprint density at radius 2 is 1.67 bits per heavy atom. The SMILES string of the molecule is NC(=O)C(NC(=O)c1cc2c(s1)CCCCCC2)C(N)=O. The van der Waals surface area contributed by atoms with Gasteiger partial charge in [0.1, 0.15) is 0 Å². The molecule has 1 aliphatic carbocycles. The number of primary amides is 2. The Hall–Kier alpha value is -1.89. The van der Waals surface area contributed by atoms with Crippen LogP contribution in [-0.2, 0) is 22.4 Å². The van der Waals surface area contributed by atoms with Gasteiger partial charge in [0.15, 0.2) is 6.04 Å². The van der Waals surface area contributed by atoms with Crippen LogP contribution in [0.5, 0.6) is 0 Å². The number of carbonyl (C=O) groups excluding carboxylic acids is 3. The predicted octanol–water partition coefficient (Wildman–Crippen LogP) is 0.476. The first-order valence-corrected chi connectivity index (χ1v) is 7.81. The van der Waals surface area contributed by atoms with Crippen molar-refractivity contribution in [3.05, 3.63) is 21.4 Å². The smallest absolute Gasteiger partial charge is 0.262 e. The molecule has 1 heterocycles. The highest BCUT2D eigenvalue weighted by molar-refractivity contribution is 7.14. The summed E-state index contributed by atoms with van der Waals surface area (Å²) in [5.41, 5.74) is 11.3. The number of fused-ring (bicyclic) bond motifs is 1. The summed E-state index contributed by atoms with van der Waals surface area (Å²) in [6, 6.07) is 0.377. The molecule has 5 N–H and O–H groups in total. The van der Waals surface area contributed by atoms with Crippen LogP contribution in [0.15, 0.2) is 6.07 Å². The minimum absolute atomic E-state index is 0.477. The van der Waals surface area contributed by atoms with Gasteiger partial charge in [-0.15, -0.1) is 11.3 Å². The molecule has 7 heteroatoms. The molecule has 0 saturated carbocycles. The second kappa shape index (κ2) is 6.71. The largest absolute Gasteiger partial charge is 0.367 e. The van der Waals surface area contributed by atoms with E-state index in [1.807, 2.05) is 6.07 Å². The molecule has 21 heavy (non-hydrogen) atoms. The maximum absolute atomic E-state index is 12.1. The third kappa shape index (κ3) is 3.81. The molecule has 0 bridgehead atoms. The lowest BCUT2D eigenvalue weighted by Gasteiger charge is -2.10. The molecule has 0 atom stereocenters. The first-order valence-electron chi connectivity index (χ1n) is 7.00. The van der Waals surface area contributed by atoms with Gasteiger partial charge in [-0.2, -0.15) is 0 Å². The molecule has 3 amide bonds. The Morgan fingerprint density at radius 3 is 2.29 bits per heavy atom. The molecular formula is C14H19N3O3S. The zero-order valence-electron chi connectivity index (χ0n) is 11.7. The Labute approximate surface area is 126 Å². The number of hydrogen-bond donors (Lipinski definition) is 3. The standard InChI is InChI=1S/C14H19N3O3S/c15-12(18)11(13(16)19)17-14(20)10-7-8-5-3-1-2-4-6-9(8)21-10/h7,11H,1-6H2,(H2,15,18)(H2,16,19)(H,17,20). The number of aryl methyl sites for hydroxylation is 2. The summed E-state index contributed by atoms with van der Waals surface area (Å²) < 4.78 is 0. The molecule has 0 spiro atoms. The van der Waals surface area contributed by atoms with Crippen LogP contribution in [0.1, 0.15) is 45.8 Å². The second-order valence-electron chi connectivity index (χ2n) is 5.18. The summed E-state index contributed by atoms with van der Waals surface area (Å²) in [6.07, 6.45) is 6.61. The molecule has 2 rings (SSSR count). The number of hydrogen-bond acceptors (Lipinski definition) is 4. The highest BCUT2D eigenvalue weighted by Crippen LogP contribution is 2.28. The maximum Gasteiger partial charge on any atom is 0.262 e. The quantitative estimate of drug-likeness (QED) is 0.702. The van der Waals surface area contributed by atoms with E-state index in [0.29, 0.717) is 4.88 Å². The van der Waals surface area contributed by atoms with Crippen molar-refractivity contribution in [2.75, 3.05) is 0 Å². The maximum atomic E-state index is 12.1. The molecule has 0 aromatic carbocycles. The van der Waals surface area contributed by atoms with Gasteiger partial charge in [0.05, 0.1) is 4.88 Å². The van der Waals surface area contributed by atoms with Crippen molar-refractivity contribution in [3.63, 3.8) is 0 Å². The fraction of sp³-hybridized carbons (Fsp3) is 0.500. The molecule has 114 valence electrons. The summed E-state index contributed by atoms with van der Waals surface area (Å²) >= 11 is 1.42. The van der Waals surface area contributed by atoms with Gasteiger partial charge in [0.2, 0.25) is 11.8 Å². The van der Waals surface area contributed by atoms with E-state index in [2.05, 4.69) is 5.32 Å². The Balaban J connectivity index is 2.14. The van der Waals surface area contributed by atoms with E-state index < -0.39 is 23.8 Å². The lowest BCUT2D eigenvalue weighted by atomic mass is 10.00. The predicted molar refractivity (Wildman–Crippen MR) is 79.8 cm³/mol. The number of nitrogens with two attached hydrogens (primary N) is 2. The van der Waals surface area contributed by atoms with Crippen LogP contribution in [0.2, 0.25) is 0 Å². The number of carbonyl (C=O) groups is 3. The van der Waals surface area contributed by atoms with Crippen LogP contribution >= 0.6 is 11.3 Å². The Kier molecular flexibility index (Phi) is 4.95. The van der Waals surface area contributed by atoms with Crippen molar-refractivity contribution in [2.24, 2.45) is 11.5 Å². The second-order valence-corrected chi connectivity index (χ2v) is 6.32. The average molecular weight is 309 g/mol. The molecule has 1 aromatic rings. The number of amides is 3. The van der Waals surface area contributed by atoms with Gasteiger partial charge in [0, 0.05) is 4.88 Å². The van der Waals surface area contributed by atoms with E-state index >= 15 is 0 Å². The first-order chi connectivity index (χ1) is 9.99. The van der Waals surface area contributed by atoms with E-state index in [9.17, 15) is 14.4 Å². The van der Waals surface area contributed by atoms with Crippen LogP contribution in [0.4, 0.5) is 0 Å². The third-order valence-electron chi connectivity index (χ3n) is 3.56. The number of rotatable bonds is 4. The van der Waals surface area contributed by atoms with Crippen LogP contribution in [-0.4, -0.2) is 23.8 Å². The Bertz CT molecular complexity index is 528. The minimum atomic E-state index is -1.47. The van der Waals surface area contributed by atoms with E-state index in [1.54, 1.807) is 0 Å². The molecule has 0 aliphatic heterocycles. The lowest BCUT2D eigenvalue weighted by molar-refractivity contribution is -0.128. The summed E-state index contributed by atoms with van der Waals surface area (Å²) in [6.45, 7) is 0. The lowest BCUT2D eigenvalue weighted by Crippen LogP contribution is -2.52. The van der Waals surface area contributed by atoms with Crippen LogP contribution in [0.25, 0.3) is 0 Å². The van der Waals surface area contributed by atoms with Crippen LogP contribution in [0.3, 0.4) is 0 Å². The molecule has 0 unspecified atom stereocenters. The number of thiophene rings is 1. The molecule has 1 aliphatic rings. The van der Waals surface area contributed by atoms with Gasteiger partial charge in [-0.3, -0.25) is 14.4 Å². The topological polar surface area (TPSA) is 115 Å². The molecule has 6 nitrogen and oxygen atoms in total. The summed E-state index contributed by atoms with van der Waals surface area (Å²) in [7, 11) is 0. The fourth-order valence-electron chi connectivity index (χ4n) is 2.44. The Morgan fingerprint density at radius 1 is 1.05 bits per heavy atom. The van der Waals surface area contributed by atoms with Crippen molar-refractivity contribution in [2.45, 2.75) is 44.6 Å². The van der Waals surface area contributed by atoms with E-state index in [-0.39, 0.29) is 0 Å². The normalized spacial score (nSPS) is 14.9. The summed E-state index contributed by atoms with van der Waals surface area (Å²) in [5, 5.41) is 2.29. The summed E-state index contributed by atoms with van der Waals surface area (Å²) in [4.78, 5) is 36.1. The molecule has 0 fully saturated rings. The highest BCUT2D eigenvalue weighted by atomic mass is 32.1. The first kappa shape index (κ1) is 15.5. The van der Waals surface area contributed by atoms with Gasteiger partial charge in [-0.05, 0) is 37.3 Å². The molecule has 0 radical (unpaired) electrons. The van der Waals surface area contributed by atoms with E-state index in [0.717, 1.165) is 25.7 Å².